The highest BCUT2D eigenvalue weighted by Gasteiger charge is 2.11. The Bertz CT molecular complexity index is 648. The SMILES string of the molecule is NC(=O)c1cc(N)cnc1Nc1ccc(Br)c(Cl)c1. The Morgan fingerprint density at radius 2 is 2.11 bits per heavy atom. The summed E-state index contributed by atoms with van der Waals surface area (Å²) >= 11 is 9.28. The third kappa shape index (κ3) is 3.15. The molecule has 2 rings (SSSR count). The van der Waals surface area contributed by atoms with E-state index in [0.717, 1.165) is 4.47 Å². The van der Waals surface area contributed by atoms with E-state index in [1.807, 2.05) is 0 Å². The lowest BCUT2D eigenvalue weighted by Crippen LogP contribution is -2.14. The van der Waals surface area contributed by atoms with Gasteiger partial charge in [-0.25, -0.2) is 4.98 Å². The van der Waals surface area contributed by atoms with Gasteiger partial charge in [0.1, 0.15) is 5.82 Å². The van der Waals surface area contributed by atoms with Crippen LogP contribution in [0.4, 0.5) is 17.2 Å². The fourth-order valence-corrected chi connectivity index (χ4v) is 1.91. The molecule has 1 aromatic carbocycles. The molecule has 0 atom stereocenters. The van der Waals surface area contributed by atoms with Crippen LogP contribution in [0.2, 0.25) is 5.02 Å². The number of hydrogen-bond donors (Lipinski definition) is 3. The number of nitrogens with one attached hydrogen (secondary N) is 1. The first-order valence-corrected chi connectivity index (χ1v) is 6.42. The van der Waals surface area contributed by atoms with E-state index >= 15 is 0 Å². The first-order chi connectivity index (χ1) is 8.97. The Kier molecular flexibility index (Phi) is 3.92. The van der Waals surface area contributed by atoms with Crippen LogP contribution in [0.3, 0.4) is 0 Å². The molecule has 98 valence electrons. The van der Waals surface area contributed by atoms with Gasteiger partial charge in [-0.3, -0.25) is 4.79 Å². The van der Waals surface area contributed by atoms with Gasteiger partial charge in [-0.15, -0.1) is 0 Å². The molecule has 1 heterocycles. The molecule has 0 saturated carbocycles. The number of nitrogens with zero attached hydrogens (tertiary/aromatic N) is 1. The van der Waals surface area contributed by atoms with Crippen molar-refractivity contribution in [3.63, 3.8) is 0 Å². The molecule has 0 saturated heterocycles. The molecule has 19 heavy (non-hydrogen) atoms. The van der Waals surface area contributed by atoms with Crippen molar-refractivity contribution in [3.05, 3.63) is 45.5 Å². The quantitative estimate of drug-likeness (QED) is 0.800. The average Bonchev–Trinajstić information content (AvgIpc) is 2.36. The van der Waals surface area contributed by atoms with E-state index in [9.17, 15) is 4.79 Å². The van der Waals surface area contributed by atoms with Gasteiger partial charge in [0.2, 0.25) is 0 Å². The van der Waals surface area contributed by atoms with Gasteiger partial charge < -0.3 is 16.8 Å². The largest absolute Gasteiger partial charge is 0.397 e. The predicted octanol–water partition coefficient (Wildman–Crippen LogP) is 2.92. The van der Waals surface area contributed by atoms with Crippen molar-refractivity contribution in [1.82, 2.24) is 4.98 Å². The highest BCUT2D eigenvalue weighted by Crippen LogP contribution is 2.28. The lowest BCUT2D eigenvalue weighted by molar-refractivity contribution is 0.100. The molecule has 2 aromatic rings. The molecule has 0 fully saturated rings. The van der Waals surface area contributed by atoms with Crippen LogP contribution >= 0.6 is 27.5 Å². The Balaban J connectivity index is 2.37. The lowest BCUT2D eigenvalue weighted by atomic mass is 10.2. The number of carbonyl (C=O) groups excluding carboxylic acids is 1. The van der Waals surface area contributed by atoms with Crippen LogP contribution in [-0.4, -0.2) is 10.9 Å². The summed E-state index contributed by atoms with van der Waals surface area (Å²) < 4.78 is 0.778. The topological polar surface area (TPSA) is 94.0 Å². The minimum atomic E-state index is -0.606. The third-order valence-electron chi connectivity index (χ3n) is 2.36. The molecule has 5 N–H and O–H groups in total. The summed E-state index contributed by atoms with van der Waals surface area (Å²) in [5.41, 5.74) is 12.1. The molecule has 0 spiro atoms. The summed E-state index contributed by atoms with van der Waals surface area (Å²) in [5, 5.41) is 3.52. The monoisotopic (exact) mass is 340 g/mol. The number of pyridine rings is 1. The molecule has 7 heteroatoms. The minimum Gasteiger partial charge on any atom is -0.397 e. The van der Waals surface area contributed by atoms with Crippen LogP contribution in [0.15, 0.2) is 34.9 Å². The molecule has 0 radical (unpaired) electrons. The van der Waals surface area contributed by atoms with E-state index in [4.69, 9.17) is 23.1 Å². The predicted molar refractivity (Wildman–Crippen MR) is 79.6 cm³/mol. The number of hydrogen-bond acceptors (Lipinski definition) is 4. The van der Waals surface area contributed by atoms with Crippen LogP contribution in [-0.2, 0) is 0 Å². The van der Waals surface area contributed by atoms with Crippen molar-refractivity contribution < 1.29 is 4.79 Å². The van der Waals surface area contributed by atoms with Gasteiger partial charge in [0, 0.05) is 10.2 Å². The number of carbonyl (C=O) groups is 1. The average molecular weight is 342 g/mol. The highest BCUT2D eigenvalue weighted by molar-refractivity contribution is 9.10. The number of halogens is 2. The summed E-state index contributed by atoms with van der Waals surface area (Å²) in [4.78, 5) is 15.4. The van der Waals surface area contributed by atoms with E-state index in [1.165, 1.54) is 12.3 Å². The number of benzene rings is 1. The van der Waals surface area contributed by atoms with E-state index in [1.54, 1.807) is 18.2 Å². The molecule has 1 aromatic heterocycles. The molecular weight excluding hydrogens is 332 g/mol. The molecule has 0 aliphatic heterocycles. The zero-order chi connectivity index (χ0) is 14.0. The first kappa shape index (κ1) is 13.6. The molecule has 0 bridgehead atoms. The van der Waals surface area contributed by atoms with Gasteiger partial charge in [-0.1, -0.05) is 11.6 Å². The molecular formula is C12H10BrClN4O. The maximum atomic E-state index is 11.3. The normalized spacial score (nSPS) is 10.2. The number of rotatable bonds is 3. The van der Waals surface area contributed by atoms with E-state index in [2.05, 4.69) is 26.2 Å². The van der Waals surface area contributed by atoms with Gasteiger partial charge in [0.25, 0.3) is 5.91 Å². The summed E-state index contributed by atoms with van der Waals surface area (Å²) in [7, 11) is 0. The van der Waals surface area contributed by atoms with Crippen molar-refractivity contribution in [1.29, 1.82) is 0 Å². The Hall–Kier alpha value is -1.79. The smallest absolute Gasteiger partial charge is 0.252 e. The van der Waals surface area contributed by atoms with Gasteiger partial charge in [0.05, 0.1) is 22.5 Å². The molecule has 0 unspecified atom stereocenters. The third-order valence-corrected chi connectivity index (χ3v) is 3.59. The van der Waals surface area contributed by atoms with Crippen molar-refractivity contribution in [2.75, 3.05) is 11.1 Å². The summed E-state index contributed by atoms with van der Waals surface area (Å²) in [5.74, 6) is -0.273. The van der Waals surface area contributed by atoms with Gasteiger partial charge >= 0.3 is 0 Å². The van der Waals surface area contributed by atoms with Crippen molar-refractivity contribution >= 4 is 50.6 Å². The number of nitrogen functional groups attached to an aromatic ring is 1. The second-order valence-corrected chi connectivity index (χ2v) is 5.04. The number of aromatic nitrogens is 1. The van der Waals surface area contributed by atoms with Crippen molar-refractivity contribution in [2.45, 2.75) is 0 Å². The van der Waals surface area contributed by atoms with Crippen molar-refractivity contribution in [2.24, 2.45) is 5.73 Å². The van der Waals surface area contributed by atoms with Gasteiger partial charge in [-0.05, 0) is 40.2 Å². The molecule has 0 aliphatic rings. The molecule has 0 aliphatic carbocycles. The van der Waals surface area contributed by atoms with Gasteiger partial charge in [-0.2, -0.15) is 0 Å². The maximum Gasteiger partial charge on any atom is 0.252 e. The Labute approximate surface area is 123 Å². The maximum absolute atomic E-state index is 11.3. The first-order valence-electron chi connectivity index (χ1n) is 5.25. The molecule has 1 amide bonds. The minimum absolute atomic E-state index is 0.221. The van der Waals surface area contributed by atoms with Gasteiger partial charge in [0.15, 0.2) is 0 Å². The van der Waals surface area contributed by atoms with E-state index in [-0.39, 0.29) is 5.56 Å². The number of amides is 1. The van der Waals surface area contributed by atoms with E-state index < -0.39 is 5.91 Å². The second kappa shape index (κ2) is 5.46. The Morgan fingerprint density at radius 3 is 2.74 bits per heavy atom. The lowest BCUT2D eigenvalue weighted by Gasteiger charge is -2.10. The number of nitrogens with two attached hydrogens (primary N) is 2. The van der Waals surface area contributed by atoms with Crippen LogP contribution in [0.1, 0.15) is 10.4 Å². The molecule has 5 nitrogen and oxygen atoms in total. The standard InChI is InChI=1S/C12H10BrClN4O/c13-9-2-1-7(4-10(9)14)18-12-8(11(16)19)3-6(15)5-17-12/h1-5H,15H2,(H2,16,19)(H,17,18). The number of primary amides is 1. The summed E-state index contributed by atoms with van der Waals surface area (Å²) in [6, 6.07) is 6.75. The van der Waals surface area contributed by atoms with Crippen LogP contribution in [0.5, 0.6) is 0 Å². The summed E-state index contributed by atoms with van der Waals surface area (Å²) in [6.07, 6.45) is 1.44. The van der Waals surface area contributed by atoms with Crippen LogP contribution in [0.25, 0.3) is 0 Å². The highest BCUT2D eigenvalue weighted by atomic mass is 79.9. The fourth-order valence-electron chi connectivity index (χ4n) is 1.48. The fraction of sp³-hybridized carbons (Fsp3) is 0. The van der Waals surface area contributed by atoms with Crippen LogP contribution < -0.4 is 16.8 Å². The second-order valence-electron chi connectivity index (χ2n) is 3.78. The summed E-state index contributed by atoms with van der Waals surface area (Å²) in [6.45, 7) is 0. The van der Waals surface area contributed by atoms with Crippen LogP contribution in [0, 0.1) is 0 Å². The van der Waals surface area contributed by atoms with E-state index in [0.29, 0.717) is 22.2 Å². The zero-order valence-electron chi connectivity index (χ0n) is 9.65. The Morgan fingerprint density at radius 1 is 1.37 bits per heavy atom. The number of anilines is 3. The van der Waals surface area contributed by atoms with Crippen molar-refractivity contribution in [3.8, 4) is 0 Å². The zero-order valence-corrected chi connectivity index (χ0v) is 12.0.